The Morgan fingerprint density at radius 2 is 1.25 bits per heavy atom. The summed E-state index contributed by atoms with van der Waals surface area (Å²) in [6.07, 6.45) is -0.487. The van der Waals surface area contributed by atoms with Gasteiger partial charge in [-0.15, -0.1) is 23.2 Å². The maximum absolute atomic E-state index is 10.5. The molecule has 3 saturated carbocycles. The molecule has 8 heteroatoms. The van der Waals surface area contributed by atoms with E-state index in [1.54, 1.807) is 0 Å². The fourth-order valence-corrected chi connectivity index (χ4v) is 8.41. The molecular formula is C12H8Cl6O2. The number of aliphatic hydroxyl groups excluding tert-OH is 1. The first-order valence-electron chi connectivity index (χ1n) is 6.36. The van der Waals surface area contributed by atoms with Crippen molar-refractivity contribution in [2.24, 2.45) is 23.7 Å². The van der Waals surface area contributed by atoms with Crippen molar-refractivity contribution in [1.82, 2.24) is 0 Å². The van der Waals surface area contributed by atoms with E-state index >= 15 is 0 Å². The van der Waals surface area contributed by atoms with Crippen LogP contribution in [-0.4, -0.2) is 37.5 Å². The number of hydrogen-bond acceptors (Lipinski definition) is 2. The minimum Gasteiger partial charge on any atom is -0.392 e. The highest BCUT2D eigenvalue weighted by Crippen LogP contribution is 2.84. The van der Waals surface area contributed by atoms with Crippen molar-refractivity contribution >= 4 is 69.6 Å². The van der Waals surface area contributed by atoms with Crippen LogP contribution in [0, 0.1) is 23.7 Å². The number of epoxide rings is 1. The highest BCUT2D eigenvalue weighted by molar-refractivity contribution is 6.65. The molecule has 0 aromatic heterocycles. The van der Waals surface area contributed by atoms with Crippen LogP contribution in [0.3, 0.4) is 0 Å². The summed E-state index contributed by atoms with van der Waals surface area (Å²) in [6.45, 7) is 0. The zero-order valence-corrected chi connectivity index (χ0v) is 14.2. The molecule has 4 bridgehead atoms. The van der Waals surface area contributed by atoms with Crippen LogP contribution in [0.4, 0.5) is 0 Å². The van der Waals surface area contributed by atoms with Crippen LogP contribution in [0.15, 0.2) is 10.1 Å². The summed E-state index contributed by atoms with van der Waals surface area (Å²) in [5.41, 5.74) is 0. The van der Waals surface area contributed by atoms with Crippen LogP contribution in [-0.2, 0) is 4.74 Å². The van der Waals surface area contributed by atoms with Gasteiger partial charge in [-0.2, -0.15) is 0 Å². The summed E-state index contributed by atoms with van der Waals surface area (Å²) in [7, 11) is 0. The molecule has 1 N–H and O–H groups in total. The Labute approximate surface area is 145 Å². The predicted octanol–water partition coefficient (Wildman–Crippen LogP) is 3.45. The molecule has 4 aliphatic carbocycles. The minimum atomic E-state index is -1.50. The summed E-state index contributed by atoms with van der Waals surface area (Å²) >= 11 is 39.3. The van der Waals surface area contributed by atoms with Gasteiger partial charge in [-0.25, -0.2) is 0 Å². The van der Waals surface area contributed by atoms with Crippen molar-refractivity contribution in [1.29, 1.82) is 0 Å². The van der Waals surface area contributed by atoms with E-state index in [9.17, 15) is 5.11 Å². The molecule has 0 aromatic rings. The highest BCUT2D eigenvalue weighted by Gasteiger charge is 2.91. The zero-order chi connectivity index (χ0) is 14.4. The van der Waals surface area contributed by atoms with Gasteiger partial charge in [-0.3, -0.25) is 0 Å². The van der Waals surface area contributed by atoms with E-state index in [0.717, 1.165) is 0 Å². The third-order valence-corrected chi connectivity index (χ3v) is 10.3. The number of ether oxygens (including phenoxy) is 1. The Balaban J connectivity index is 1.80. The van der Waals surface area contributed by atoms with Gasteiger partial charge < -0.3 is 9.84 Å². The molecule has 2 nitrogen and oxygen atoms in total. The number of hydrogen-bond donors (Lipinski definition) is 1. The Bertz CT molecular complexity index is 546. The number of rotatable bonds is 0. The normalized spacial score (nSPS) is 67.7. The first-order valence-corrected chi connectivity index (χ1v) is 8.63. The van der Waals surface area contributed by atoms with Crippen molar-refractivity contribution in [2.75, 3.05) is 0 Å². The molecule has 0 aromatic carbocycles. The molecule has 5 rings (SSSR count). The molecule has 0 spiro atoms. The second kappa shape index (κ2) is 3.42. The molecule has 110 valence electrons. The third-order valence-electron chi connectivity index (χ3n) is 5.99. The first kappa shape index (κ1) is 13.8. The van der Waals surface area contributed by atoms with Crippen LogP contribution in [0.25, 0.3) is 0 Å². The maximum Gasteiger partial charge on any atom is 0.166 e. The van der Waals surface area contributed by atoms with E-state index in [0.29, 0.717) is 0 Å². The van der Waals surface area contributed by atoms with Crippen LogP contribution < -0.4 is 0 Å². The number of fused-ring (bicyclic) bond motifs is 12. The van der Waals surface area contributed by atoms with E-state index in [-0.39, 0.29) is 45.9 Å². The number of alkyl halides is 4. The van der Waals surface area contributed by atoms with Gasteiger partial charge in [0, 0.05) is 11.8 Å². The fraction of sp³-hybridized carbons (Fsp3) is 0.833. The van der Waals surface area contributed by atoms with E-state index in [1.807, 2.05) is 0 Å². The molecule has 1 heterocycles. The van der Waals surface area contributed by atoms with Crippen LogP contribution in [0.5, 0.6) is 0 Å². The summed E-state index contributed by atoms with van der Waals surface area (Å²) in [5, 5.41) is 10.9. The van der Waals surface area contributed by atoms with Crippen LogP contribution >= 0.6 is 69.6 Å². The molecule has 20 heavy (non-hydrogen) atoms. The second-order valence-corrected chi connectivity index (χ2v) is 9.66. The number of halogens is 6. The van der Waals surface area contributed by atoms with Gasteiger partial charge in [0.1, 0.15) is 9.75 Å². The van der Waals surface area contributed by atoms with Crippen molar-refractivity contribution in [3.63, 3.8) is 0 Å². The quantitative estimate of drug-likeness (QED) is 0.386. The van der Waals surface area contributed by atoms with E-state index < -0.39 is 20.2 Å². The van der Waals surface area contributed by atoms with Crippen molar-refractivity contribution in [3.8, 4) is 0 Å². The number of aliphatic hydroxyl groups is 1. The summed E-state index contributed by atoms with van der Waals surface area (Å²) in [5.74, 6) is -0.724. The Morgan fingerprint density at radius 1 is 0.850 bits per heavy atom. The standard InChI is InChI=1S/C12H8Cl6O2/c13-8-9(14)11(16)4-2-5(19)1(6-7(2)20-6)3(4)10(8,15)12(11,17)18/h1-7,19H/t1-,2-,3-,4-,5?,6-,7+,10+,11+/m1/s1. The predicted molar refractivity (Wildman–Crippen MR) is 79.0 cm³/mol. The lowest BCUT2D eigenvalue weighted by Crippen LogP contribution is -2.48. The van der Waals surface area contributed by atoms with Crippen molar-refractivity contribution in [2.45, 2.75) is 32.4 Å². The molecule has 0 radical (unpaired) electrons. The maximum atomic E-state index is 10.5. The first-order chi connectivity index (χ1) is 9.20. The van der Waals surface area contributed by atoms with E-state index in [2.05, 4.69) is 0 Å². The third kappa shape index (κ3) is 0.991. The fourth-order valence-electron chi connectivity index (χ4n) is 5.31. The summed E-state index contributed by atoms with van der Waals surface area (Å²) in [4.78, 5) is -2.53. The van der Waals surface area contributed by atoms with Crippen LogP contribution in [0.1, 0.15) is 0 Å². The second-order valence-electron chi connectivity index (χ2n) is 6.39. The summed E-state index contributed by atoms with van der Waals surface area (Å²) < 4.78 is 4.13. The monoisotopic (exact) mass is 394 g/mol. The molecule has 4 fully saturated rings. The lowest BCUT2D eigenvalue weighted by Gasteiger charge is -2.37. The molecule has 1 saturated heterocycles. The Hall–Kier alpha value is 1.40. The largest absolute Gasteiger partial charge is 0.392 e. The van der Waals surface area contributed by atoms with Gasteiger partial charge in [0.25, 0.3) is 0 Å². The molecular weight excluding hydrogens is 389 g/mol. The SMILES string of the molecule is OC1[C@@H]2[C@@H]3O[C@@H]3[C@@H]1[C@@H]1[C@@H]2[C@]2(Cl)C(Cl)=C(Cl)[C@]1(Cl)C2(Cl)Cl. The average Bonchev–Trinajstić information content (AvgIpc) is 3.01. The van der Waals surface area contributed by atoms with Gasteiger partial charge in [-0.05, 0) is 11.8 Å². The highest BCUT2D eigenvalue weighted by atomic mass is 35.5. The average molecular weight is 397 g/mol. The molecule has 1 unspecified atom stereocenters. The summed E-state index contributed by atoms with van der Waals surface area (Å²) in [6, 6.07) is 0. The van der Waals surface area contributed by atoms with E-state index in [4.69, 9.17) is 74.3 Å². The molecule has 0 amide bonds. The topological polar surface area (TPSA) is 32.8 Å². The van der Waals surface area contributed by atoms with Gasteiger partial charge in [0.05, 0.1) is 28.4 Å². The molecule has 9 atom stereocenters. The van der Waals surface area contributed by atoms with Gasteiger partial charge in [0.15, 0.2) is 4.33 Å². The lowest BCUT2D eigenvalue weighted by molar-refractivity contribution is 0.0503. The molecule has 1 aliphatic heterocycles. The smallest absolute Gasteiger partial charge is 0.166 e. The minimum absolute atomic E-state index is 0.0128. The number of allylic oxidation sites excluding steroid dienone is 2. The van der Waals surface area contributed by atoms with Gasteiger partial charge >= 0.3 is 0 Å². The molecule has 5 aliphatic rings. The van der Waals surface area contributed by atoms with Gasteiger partial charge in [-0.1, -0.05) is 46.4 Å². The van der Waals surface area contributed by atoms with Gasteiger partial charge in [0.2, 0.25) is 0 Å². The van der Waals surface area contributed by atoms with Crippen molar-refractivity contribution in [3.05, 3.63) is 10.1 Å². The Morgan fingerprint density at radius 3 is 1.65 bits per heavy atom. The van der Waals surface area contributed by atoms with E-state index in [1.165, 1.54) is 0 Å². The Kier molecular flexibility index (Phi) is 2.36. The zero-order valence-electron chi connectivity index (χ0n) is 9.66. The van der Waals surface area contributed by atoms with Crippen LogP contribution in [0.2, 0.25) is 0 Å². The van der Waals surface area contributed by atoms with Crippen molar-refractivity contribution < 1.29 is 9.84 Å². The lowest BCUT2D eigenvalue weighted by atomic mass is 9.73.